The van der Waals surface area contributed by atoms with Crippen molar-refractivity contribution in [1.29, 1.82) is 0 Å². The Morgan fingerprint density at radius 3 is 2.73 bits per heavy atom. The molecular weight excluding hydrogens is 194 g/mol. The molecule has 5 heteroatoms. The molecule has 0 amide bonds. The zero-order valence-corrected chi connectivity index (χ0v) is 9.83. The van der Waals surface area contributed by atoms with E-state index < -0.39 is 0 Å². The third-order valence-corrected chi connectivity index (χ3v) is 2.30. The van der Waals surface area contributed by atoms with E-state index in [-0.39, 0.29) is 5.60 Å². The molecule has 1 rings (SSSR count). The molecule has 0 fully saturated rings. The summed E-state index contributed by atoms with van der Waals surface area (Å²) in [5.41, 5.74) is -0.0856. The van der Waals surface area contributed by atoms with Gasteiger partial charge in [-0.25, -0.2) is 0 Å². The van der Waals surface area contributed by atoms with Crippen molar-refractivity contribution < 1.29 is 9.26 Å². The highest BCUT2D eigenvalue weighted by Gasteiger charge is 2.15. The van der Waals surface area contributed by atoms with Crippen LogP contribution in [0, 0.1) is 6.92 Å². The third-order valence-electron chi connectivity index (χ3n) is 2.30. The van der Waals surface area contributed by atoms with Crippen molar-refractivity contribution in [3.8, 4) is 0 Å². The van der Waals surface area contributed by atoms with Gasteiger partial charge in [-0.2, -0.15) is 4.98 Å². The van der Waals surface area contributed by atoms with E-state index >= 15 is 0 Å². The first-order valence-electron chi connectivity index (χ1n) is 5.08. The quantitative estimate of drug-likeness (QED) is 0.721. The molecule has 1 aromatic heterocycles. The lowest BCUT2D eigenvalue weighted by molar-refractivity contribution is 0.0157. The van der Waals surface area contributed by atoms with Gasteiger partial charge in [0.2, 0.25) is 5.89 Å². The minimum Gasteiger partial charge on any atom is -0.379 e. The predicted molar refractivity (Wildman–Crippen MR) is 56.4 cm³/mol. The van der Waals surface area contributed by atoms with E-state index in [0.717, 1.165) is 13.0 Å². The Hall–Kier alpha value is -0.940. The fraction of sp³-hybridized carbons (Fsp3) is 0.800. The minimum atomic E-state index is -0.0856. The van der Waals surface area contributed by atoms with Gasteiger partial charge in [0, 0.05) is 7.11 Å². The molecule has 1 N–H and O–H groups in total. The van der Waals surface area contributed by atoms with Crippen LogP contribution in [0.2, 0.25) is 0 Å². The third kappa shape index (κ3) is 4.40. The van der Waals surface area contributed by atoms with Gasteiger partial charge in [0.15, 0.2) is 5.82 Å². The number of nitrogens with zero attached hydrogens (tertiary/aromatic N) is 2. The van der Waals surface area contributed by atoms with Gasteiger partial charge in [0.05, 0.1) is 12.1 Å². The summed E-state index contributed by atoms with van der Waals surface area (Å²) in [7, 11) is 1.72. The number of aryl methyl sites for hydroxylation is 1. The van der Waals surface area contributed by atoms with E-state index in [1.165, 1.54) is 0 Å². The molecule has 0 bridgehead atoms. The molecule has 0 aliphatic rings. The van der Waals surface area contributed by atoms with Crippen molar-refractivity contribution in [2.24, 2.45) is 0 Å². The molecule has 0 aromatic carbocycles. The number of aromatic nitrogens is 2. The molecule has 15 heavy (non-hydrogen) atoms. The number of ether oxygens (including phenoxy) is 1. The lowest BCUT2D eigenvalue weighted by atomic mass is 10.1. The van der Waals surface area contributed by atoms with Crippen LogP contribution in [-0.4, -0.2) is 29.4 Å². The molecule has 0 spiro atoms. The molecule has 1 heterocycles. The fourth-order valence-corrected chi connectivity index (χ4v) is 1.10. The zero-order chi connectivity index (χ0) is 11.3. The van der Waals surface area contributed by atoms with E-state index in [2.05, 4.69) is 29.3 Å². The number of methoxy groups -OCH3 is 1. The number of hydrogen-bond acceptors (Lipinski definition) is 5. The number of hydrogen-bond donors (Lipinski definition) is 1. The topological polar surface area (TPSA) is 60.2 Å². The van der Waals surface area contributed by atoms with Crippen LogP contribution in [0.3, 0.4) is 0 Å². The summed E-state index contributed by atoms with van der Waals surface area (Å²) in [6.07, 6.45) is 0.941. The second kappa shape index (κ2) is 5.23. The van der Waals surface area contributed by atoms with E-state index in [1.54, 1.807) is 14.0 Å². The molecule has 0 aliphatic heterocycles. The normalized spacial score (nSPS) is 12.0. The minimum absolute atomic E-state index is 0.0856. The standard InChI is InChI=1S/C10H19N3O2/c1-8-12-9(15-13-8)7-11-6-5-10(2,3)14-4/h11H,5-7H2,1-4H3. The molecule has 86 valence electrons. The Kier molecular flexibility index (Phi) is 4.23. The number of rotatable bonds is 6. The van der Waals surface area contributed by atoms with E-state index in [4.69, 9.17) is 9.26 Å². The summed E-state index contributed by atoms with van der Waals surface area (Å²) in [6, 6.07) is 0. The molecule has 0 radical (unpaired) electrons. The van der Waals surface area contributed by atoms with Crippen LogP contribution in [-0.2, 0) is 11.3 Å². The van der Waals surface area contributed by atoms with Gasteiger partial charge in [-0.1, -0.05) is 5.16 Å². The SMILES string of the molecule is COC(C)(C)CCNCc1nc(C)no1. The van der Waals surface area contributed by atoms with Gasteiger partial charge in [-0.05, 0) is 33.7 Å². The van der Waals surface area contributed by atoms with Crippen molar-refractivity contribution in [3.63, 3.8) is 0 Å². The highest BCUT2D eigenvalue weighted by atomic mass is 16.5. The first-order valence-corrected chi connectivity index (χ1v) is 5.08. The first-order chi connectivity index (χ1) is 7.03. The molecule has 0 saturated carbocycles. The smallest absolute Gasteiger partial charge is 0.240 e. The lowest BCUT2D eigenvalue weighted by Crippen LogP contribution is -2.28. The molecular formula is C10H19N3O2. The second-order valence-electron chi connectivity index (χ2n) is 4.13. The van der Waals surface area contributed by atoms with Crippen LogP contribution in [0.1, 0.15) is 32.0 Å². The summed E-state index contributed by atoms with van der Waals surface area (Å²) >= 11 is 0. The van der Waals surface area contributed by atoms with Crippen molar-refractivity contribution in [2.75, 3.05) is 13.7 Å². The summed E-state index contributed by atoms with van der Waals surface area (Å²) < 4.78 is 10.3. The summed E-state index contributed by atoms with van der Waals surface area (Å²) in [4.78, 5) is 4.09. The van der Waals surface area contributed by atoms with Gasteiger partial charge >= 0.3 is 0 Å². The average Bonchev–Trinajstić information content (AvgIpc) is 2.59. The predicted octanol–water partition coefficient (Wildman–Crippen LogP) is 1.28. The highest BCUT2D eigenvalue weighted by molar-refractivity contribution is 4.82. The van der Waals surface area contributed by atoms with Crippen molar-refractivity contribution >= 4 is 0 Å². The first kappa shape index (κ1) is 12.1. The summed E-state index contributed by atoms with van der Waals surface area (Å²) in [6.45, 7) is 7.40. The maximum Gasteiger partial charge on any atom is 0.240 e. The van der Waals surface area contributed by atoms with Gasteiger partial charge in [0.1, 0.15) is 0 Å². The van der Waals surface area contributed by atoms with E-state index in [0.29, 0.717) is 18.3 Å². The van der Waals surface area contributed by atoms with Crippen LogP contribution in [0.4, 0.5) is 0 Å². The monoisotopic (exact) mass is 213 g/mol. The fourth-order valence-electron chi connectivity index (χ4n) is 1.10. The molecule has 1 aromatic rings. The van der Waals surface area contributed by atoms with Crippen LogP contribution in [0.5, 0.6) is 0 Å². The largest absolute Gasteiger partial charge is 0.379 e. The van der Waals surface area contributed by atoms with Gasteiger partial charge in [-0.3, -0.25) is 0 Å². The molecule has 0 aliphatic carbocycles. The average molecular weight is 213 g/mol. The molecule has 0 saturated heterocycles. The molecule has 0 unspecified atom stereocenters. The van der Waals surface area contributed by atoms with E-state index in [1.807, 2.05) is 0 Å². The van der Waals surface area contributed by atoms with Gasteiger partial charge < -0.3 is 14.6 Å². The Balaban J connectivity index is 2.17. The second-order valence-corrected chi connectivity index (χ2v) is 4.13. The number of nitrogens with one attached hydrogen (secondary N) is 1. The van der Waals surface area contributed by atoms with Crippen molar-refractivity contribution in [3.05, 3.63) is 11.7 Å². The van der Waals surface area contributed by atoms with Crippen LogP contribution in [0.15, 0.2) is 4.52 Å². The maximum absolute atomic E-state index is 5.30. The molecule has 0 atom stereocenters. The maximum atomic E-state index is 5.30. The Morgan fingerprint density at radius 2 is 2.20 bits per heavy atom. The van der Waals surface area contributed by atoms with Crippen molar-refractivity contribution in [2.45, 2.75) is 39.3 Å². The van der Waals surface area contributed by atoms with E-state index in [9.17, 15) is 0 Å². The van der Waals surface area contributed by atoms with Crippen LogP contribution < -0.4 is 5.32 Å². The van der Waals surface area contributed by atoms with Crippen LogP contribution >= 0.6 is 0 Å². The Bertz CT molecular complexity index is 297. The van der Waals surface area contributed by atoms with Gasteiger partial charge in [-0.15, -0.1) is 0 Å². The summed E-state index contributed by atoms with van der Waals surface area (Å²) in [5.74, 6) is 1.30. The van der Waals surface area contributed by atoms with Gasteiger partial charge in [0.25, 0.3) is 0 Å². The highest BCUT2D eigenvalue weighted by Crippen LogP contribution is 2.11. The summed E-state index contributed by atoms with van der Waals surface area (Å²) in [5, 5.41) is 6.94. The lowest BCUT2D eigenvalue weighted by Gasteiger charge is -2.22. The van der Waals surface area contributed by atoms with Crippen LogP contribution in [0.25, 0.3) is 0 Å². The zero-order valence-electron chi connectivity index (χ0n) is 9.83. The molecule has 5 nitrogen and oxygen atoms in total. The van der Waals surface area contributed by atoms with Crippen molar-refractivity contribution in [1.82, 2.24) is 15.5 Å². The Morgan fingerprint density at radius 1 is 1.47 bits per heavy atom. The Labute approximate surface area is 90.2 Å².